The van der Waals surface area contributed by atoms with Gasteiger partial charge in [-0.3, -0.25) is 0 Å². The van der Waals surface area contributed by atoms with Crippen molar-refractivity contribution < 1.29 is 40.2 Å². The molecular formula is C28H23F7O2. The van der Waals surface area contributed by atoms with Crippen LogP contribution in [-0.4, -0.2) is 19.4 Å². The number of hydrogen-bond donors (Lipinski definition) is 0. The molecule has 3 aromatic rings. The summed E-state index contributed by atoms with van der Waals surface area (Å²) in [5.74, 6) is -1.97. The summed E-state index contributed by atoms with van der Waals surface area (Å²) < 4.78 is 108. The molecule has 0 atom stereocenters. The van der Waals surface area contributed by atoms with Gasteiger partial charge in [-0.15, -0.1) is 0 Å². The molecule has 0 aromatic heterocycles. The maximum Gasteiger partial charge on any atom is 0.458 e. The first-order valence-electron chi connectivity index (χ1n) is 11.8. The van der Waals surface area contributed by atoms with E-state index in [2.05, 4.69) is 6.92 Å². The number of unbranched alkanes of at least 4 members (excludes halogenated alkanes) is 2. The second-order valence-electron chi connectivity index (χ2n) is 8.95. The van der Waals surface area contributed by atoms with Crippen LogP contribution in [0.4, 0.5) is 30.7 Å². The van der Waals surface area contributed by atoms with Gasteiger partial charge in [-0.25, -0.2) is 17.6 Å². The Morgan fingerprint density at radius 3 is 2.19 bits per heavy atom. The van der Waals surface area contributed by atoms with Crippen LogP contribution in [0.3, 0.4) is 0 Å². The standard InChI is InChI=1S/C28H23F7O2/c1-2-3-4-5-16-14-36-27(37-15-16)19-12-23(30)25(24(31)13-19)17-6-7-20-18(10-17)11-22(29)21(26(20)32)8-9-28(33,34)35/h6-7,10-13,16,27H,2-5,14-15H2,1H3. The zero-order valence-electron chi connectivity index (χ0n) is 19.8. The van der Waals surface area contributed by atoms with Gasteiger partial charge >= 0.3 is 6.18 Å². The third-order valence-electron chi connectivity index (χ3n) is 6.17. The van der Waals surface area contributed by atoms with Gasteiger partial charge < -0.3 is 9.47 Å². The molecule has 4 rings (SSSR count). The summed E-state index contributed by atoms with van der Waals surface area (Å²) >= 11 is 0. The number of halogens is 7. The average Bonchev–Trinajstić information content (AvgIpc) is 2.83. The zero-order chi connectivity index (χ0) is 26.7. The van der Waals surface area contributed by atoms with E-state index >= 15 is 8.78 Å². The first-order chi connectivity index (χ1) is 17.6. The molecule has 9 heteroatoms. The fourth-order valence-electron chi connectivity index (χ4n) is 4.32. The van der Waals surface area contributed by atoms with E-state index in [9.17, 15) is 22.0 Å². The van der Waals surface area contributed by atoms with Crippen molar-refractivity contribution in [2.75, 3.05) is 13.2 Å². The van der Waals surface area contributed by atoms with Crippen LogP contribution < -0.4 is 0 Å². The van der Waals surface area contributed by atoms with Gasteiger partial charge in [-0.2, -0.15) is 13.2 Å². The van der Waals surface area contributed by atoms with Crippen LogP contribution in [0, 0.1) is 41.0 Å². The maximum absolute atomic E-state index is 15.0. The van der Waals surface area contributed by atoms with Gasteiger partial charge in [0.2, 0.25) is 0 Å². The van der Waals surface area contributed by atoms with Crippen molar-refractivity contribution in [1.82, 2.24) is 0 Å². The Hall–Kier alpha value is -3.09. The molecular weight excluding hydrogens is 501 g/mol. The number of ether oxygens (including phenoxy) is 2. The first kappa shape index (κ1) is 27.0. The van der Waals surface area contributed by atoms with Crippen molar-refractivity contribution in [2.24, 2.45) is 5.92 Å². The summed E-state index contributed by atoms with van der Waals surface area (Å²) in [5.41, 5.74) is -1.32. The lowest BCUT2D eigenvalue weighted by atomic mass is 9.97. The molecule has 37 heavy (non-hydrogen) atoms. The van der Waals surface area contributed by atoms with Gasteiger partial charge in [-0.1, -0.05) is 44.2 Å². The molecule has 0 bridgehead atoms. The molecule has 3 aromatic carbocycles. The largest absolute Gasteiger partial charge is 0.458 e. The van der Waals surface area contributed by atoms with Crippen molar-refractivity contribution in [2.45, 2.75) is 45.1 Å². The molecule has 1 saturated heterocycles. The van der Waals surface area contributed by atoms with Crippen LogP contribution in [0.5, 0.6) is 0 Å². The molecule has 1 heterocycles. The minimum Gasteiger partial charge on any atom is -0.348 e. The van der Waals surface area contributed by atoms with Gasteiger partial charge in [0.1, 0.15) is 23.3 Å². The van der Waals surface area contributed by atoms with Crippen molar-refractivity contribution in [3.05, 3.63) is 70.8 Å². The minimum atomic E-state index is -4.93. The fourth-order valence-corrected chi connectivity index (χ4v) is 4.32. The molecule has 1 fully saturated rings. The van der Waals surface area contributed by atoms with Crippen LogP contribution in [-0.2, 0) is 9.47 Å². The van der Waals surface area contributed by atoms with Crippen LogP contribution in [0.2, 0.25) is 0 Å². The second-order valence-corrected chi connectivity index (χ2v) is 8.95. The van der Waals surface area contributed by atoms with Crippen LogP contribution in [0.1, 0.15) is 50.0 Å². The summed E-state index contributed by atoms with van der Waals surface area (Å²) in [7, 11) is 0. The lowest BCUT2D eigenvalue weighted by molar-refractivity contribution is -0.206. The van der Waals surface area contributed by atoms with E-state index in [0.717, 1.165) is 61.9 Å². The summed E-state index contributed by atoms with van der Waals surface area (Å²) in [4.78, 5) is 0. The van der Waals surface area contributed by atoms with Gasteiger partial charge in [0.15, 0.2) is 6.29 Å². The third kappa shape index (κ3) is 6.25. The molecule has 0 aliphatic carbocycles. The predicted octanol–water partition coefficient (Wildman–Crippen LogP) is 8.22. The Morgan fingerprint density at radius 1 is 0.892 bits per heavy atom. The van der Waals surface area contributed by atoms with Gasteiger partial charge in [0, 0.05) is 22.8 Å². The number of hydrogen-bond acceptors (Lipinski definition) is 2. The maximum atomic E-state index is 15.0. The summed E-state index contributed by atoms with van der Waals surface area (Å²) in [6, 6.07) is 6.39. The number of rotatable bonds is 6. The monoisotopic (exact) mass is 524 g/mol. The van der Waals surface area contributed by atoms with Crippen LogP contribution in [0.25, 0.3) is 21.9 Å². The van der Waals surface area contributed by atoms with E-state index in [1.807, 2.05) is 0 Å². The summed E-state index contributed by atoms with van der Waals surface area (Å²) in [5, 5.41) is -0.340. The highest BCUT2D eigenvalue weighted by atomic mass is 19.4. The molecule has 0 saturated carbocycles. The molecule has 2 nitrogen and oxygen atoms in total. The molecule has 0 amide bonds. The van der Waals surface area contributed by atoms with E-state index in [4.69, 9.17) is 9.47 Å². The normalized spacial score (nSPS) is 18.1. The molecule has 196 valence electrons. The zero-order valence-corrected chi connectivity index (χ0v) is 19.8. The highest BCUT2D eigenvalue weighted by Gasteiger charge is 2.26. The van der Waals surface area contributed by atoms with E-state index in [1.54, 1.807) is 0 Å². The second kappa shape index (κ2) is 11.1. The highest BCUT2D eigenvalue weighted by Crippen LogP contribution is 2.35. The van der Waals surface area contributed by atoms with E-state index in [1.165, 1.54) is 12.0 Å². The van der Waals surface area contributed by atoms with Gasteiger partial charge in [0.25, 0.3) is 0 Å². The van der Waals surface area contributed by atoms with E-state index < -0.39 is 46.9 Å². The van der Waals surface area contributed by atoms with Crippen LogP contribution in [0.15, 0.2) is 36.4 Å². The van der Waals surface area contributed by atoms with E-state index in [-0.39, 0.29) is 27.8 Å². The lowest BCUT2D eigenvalue weighted by Gasteiger charge is -2.30. The molecule has 0 unspecified atom stereocenters. The van der Waals surface area contributed by atoms with Gasteiger partial charge in [0.05, 0.1) is 24.3 Å². The molecule has 1 aliphatic heterocycles. The molecule has 1 aliphatic rings. The smallest absolute Gasteiger partial charge is 0.348 e. The Bertz CT molecular complexity index is 1320. The predicted molar refractivity (Wildman–Crippen MR) is 124 cm³/mol. The topological polar surface area (TPSA) is 18.5 Å². The van der Waals surface area contributed by atoms with Gasteiger partial charge in [-0.05, 0) is 41.6 Å². The van der Waals surface area contributed by atoms with Crippen molar-refractivity contribution in [1.29, 1.82) is 0 Å². The average molecular weight is 524 g/mol. The lowest BCUT2D eigenvalue weighted by Crippen LogP contribution is -2.27. The number of fused-ring (bicyclic) bond motifs is 1. The number of benzene rings is 3. The van der Waals surface area contributed by atoms with Crippen molar-refractivity contribution in [3.8, 4) is 23.0 Å². The summed E-state index contributed by atoms with van der Waals surface area (Å²) in [6.45, 7) is 2.94. The third-order valence-corrected chi connectivity index (χ3v) is 6.17. The quantitative estimate of drug-likeness (QED) is 0.184. The van der Waals surface area contributed by atoms with Crippen molar-refractivity contribution in [3.63, 3.8) is 0 Å². The summed E-state index contributed by atoms with van der Waals surface area (Å²) in [6.07, 6.45) is -1.64. The SMILES string of the molecule is CCCCCC1COC(c2cc(F)c(-c3ccc4c(F)c(C#CC(F)(F)F)c(F)cc4c3)c(F)c2)OC1. The fraction of sp³-hybridized carbons (Fsp3) is 0.357. The molecule has 0 radical (unpaired) electrons. The Kier molecular flexibility index (Phi) is 8.10. The molecule has 0 N–H and O–H groups in total. The molecule has 0 spiro atoms. The minimum absolute atomic E-state index is 0.0107. The Balaban J connectivity index is 1.59. The van der Waals surface area contributed by atoms with E-state index in [0.29, 0.717) is 13.2 Å². The Morgan fingerprint density at radius 2 is 1.57 bits per heavy atom. The Labute approximate surface area is 209 Å². The first-order valence-corrected chi connectivity index (χ1v) is 11.8. The highest BCUT2D eigenvalue weighted by molar-refractivity contribution is 5.89. The number of alkyl halides is 3. The van der Waals surface area contributed by atoms with Crippen molar-refractivity contribution >= 4 is 10.8 Å². The van der Waals surface area contributed by atoms with Crippen LogP contribution >= 0.6 is 0 Å².